The Morgan fingerprint density at radius 1 is 1.42 bits per heavy atom. The minimum atomic E-state index is -3.92. The van der Waals surface area contributed by atoms with E-state index in [4.69, 9.17) is 9.32 Å². The molecule has 19 heavy (non-hydrogen) atoms. The summed E-state index contributed by atoms with van der Waals surface area (Å²) in [5.74, 6) is 0.561. The maximum absolute atomic E-state index is 11.1. The van der Waals surface area contributed by atoms with Gasteiger partial charge in [0.2, 0.25) is 0 Å². The highest BCUT2D eigenvalue weighted by molar-refractivity contribution is 7.84. The number of nitrogens with two attached hydrogens (primary N) is 1. The van der Waals surface area contributed by atoms with Crippen LogP contribution >= 0.6 is 0 Å². The number of fused-ring (bicyclic) bond motifs is 2. The average molecular weight is 282 g/mol. The van der Waals surface area contributed by atoms with E-state index in [-0.39, 0.29) is 5.92 Å². The second-order valence-electron chi connectivity index (χ2n) is 5.31. The Morgan fingerprint density at radius 3 is 3.05 bits per heavy atom. The third-order valence-electron chi connectivity index (χ3n) is 4.02. The molecule has 0 aromatic rings. The largest absolute Gasteiger partial charge is 0.388 e. The third kappa shape index (κ3) is 2.75. The lowest BCUT2D eigenvalue weighted by Crippen LogP contribution is -2.38. The van der Waals surface area contributed by atoms with E-state index in [0.29, 0.717) is 5.92 Å². The normalized spacial score (nSPS) is 33.6. The van der Waals surface area contributed by atoms with E-state index in [1.54, 1.807) is 6.08 Å². The minimum Gasteiger partial charge on any atom is -0.388 e. The molecule has 3 atom stereocenters. The molecule has 3 aliphatic rings. The van der Waals surface area contributed by atoms with E-state index in [0.717, 1.165) is 31.4 Å². The molecule has 1 fully saturated rings. The zero-order chi connectivity index (χ0) is 13.5. The maximum Gasteiger partial charge on any atom is 0.333 e. The van der Waals surface area contributed by atoms with Crippen molar-refractivity contribution < 1.29 is 12.6 Å². The van der Waals surface area contributed by atoms with Gasteiger partial charge in [-0.1, -0.05) is 18.2 Å². The van der Waals surface area contributed by atoms with Crippen molar-refractivity contribution in [2.45, 2.75) is 25.4 Å². The van der Waals surface area contributed by atoms with Gasteiger partial charge in [-0.25, -0.2) is 5.14 Å². The predicted molar refractivity (Wildman–Crippen MR) is 72.1 cm³/mol. The summed E-state index contributed by atoms with van der Waals surface area (Å²) in [6.45, 7) is 1.02. The van der Waals surface area contributed by atoms with Crippen molar-refractivity contribution in [2.24, 2.45) is 17.0 Å². The molecular weight excluding hydrogens is 264 g/mol. The molecule has 0 saturated carbocycles. The van der Waals surface area contributed by atoms with E-state index in [2.05, 4.69) is 11.4 Å². The van der Waals surface area contributed by atoms with Crippen molar-refractivity contribution in [3.8, 4) is 0 Å². The van der Waals surface area contributed by atoms with Gasteiger partial charge in [-0.3, -0.25) is 4.18 Å². The van der Waals surface area contributed by atoms with Crippen molar-refractivity contribution in [1.82, 2.24) is 5.32 Å². The maximum atomic E-state index is 11.1. The number of allylic oxidation sites excluding steroid dienone is 4. The summed E-state index contributed by atoms with van der Waals surface area (Å²) in [6, 6.07) is 0. The first-order valence-corrected chi connectivity index (χ1v) is 8.05. The molecule has 5 nitrogen and oxygen atoms in total. The molecule has 3 rings (SSSR count). The summed E-state index contributed by atoms with van der Waals surface area (Å²) in [5, 5.41) is 8.42. The van der Waals surface area contributed by atoms with Crippen molar-refractivity contribution in [2.75, 3.05) is 6.54 Å². The lowest BCUT2D eigenvalue weighted by Gasteiger charge is -2.38. The van der Waals surface area contributed by atoms with E-state index >= 15 is 0 Å². The highest BCUT2D eigenvalue weighted by atomic mass is 32.2. The Labute approximate surface area is 113 Å². The van der Waals surface area contributed by atoms with Gasteiger partial charge in [0.05, 0.1) is 0 Å². The fourth-order valence-corrected chi connectivity index (χ4v) is 3.69. The number of hydrogen-bond acceptors (Lipinski definition) is 4. The second-order valence-corrected chi connectivity index (χ2v) is 6.49. The van der Waals surface area contributed by atoms with Gasteiger partial charge in [0.25, 0.3) is 0 Å². The molecular formula is C13H18N2O3S. The molecule has 0 radical (unpaired) electrons. The van der Waals surface area contributed by atoms with Crippen LogP contribution < -0.4 is 10.5 Å². The zero-order valence-corrected chi connectivity index (χ0v) is 11.4. The smallest absolute Gasteiger partial charge is 0.333 e. The summed E-state index contributed by atoms with van der Waals surface area (Å²) >= 11 is 0. The highest BCUT2D eigenvalue weighted by Crippen LogP contribution is 2.40. The number of nitrogens with one attached hydrogen (secondary N) is 1. The van der Waals surface area contributed by atoms with Crippen LogP contribution in [0.4, 0.5) is 0 Å². The van der Waals surface area contributed by atoms with Crippen LogP contribution in [0.15, 0.2) is 35.6 Å². The quantitative estimate of drug-likeness (QED) is 0.791. The molecule has 1 saturated heterocycles. The molecule has 104 valence electrons. The lowest BCUT2D eigenvalue weighted by molar-refractivity contribution is 0.177. The van der Waals surface area contributed by atoms with E-state index in [1.807, 2.05) is 12.2 Å². The zero-order valence-electron chi connectivity index (χ0n) is 10.6. The summed E-state index contributed by atoms with van der Waals surface area (Å²) < 4.78 is 27.3. The first-order chi connectivity index (χ1) is 9.03. The molecule has 0 bridgehead atoms. The summed E-state index contributed by atoms with van der Waals surface area (Å²) in [5.41, 5.74) is 2.40. The molecule has 3 unspecified atom stereocenters. The fraction of sp³-hybridized carbons (Fsp3) is 0.538. The van der Waals surface area contributed by atoms with Gasteiger partial charge in [-0.2, -0.15) is 8.42 Å². The van der Waals surface area contributed by atoms with Crippen LogP contribution in [-0.2, 0) is 14.5 Å². The molecule has 0 aromatic heterocycles. The number of piperidine rings is 1. The second kappa shape index (κ2) is 4.77. The molecule has 1 aliphatic heterocycles. The van der Waals surface area contributed by atoms with E-state index in [9.17, 15) is 8.42 Å². The molecule has 2 aliphatic carbocycles. The van der Waals surface area contributed by atoms with E-state index < -0.39 is 16.4 Å². The van der Waals surface area contributed by atoms with Crippen LogP contribution in [0.3, 0.4) is 0 Å². The van der Waals surface area contributed by atoms with Gasteiger partial charge in [-0.15, -0.1) is 0 Å². The molecule has 0 amide bonds. The van der Waals surface area contributed by atoms with Crippen LogP contribution in [0, 0.1) is 11.8 Å². The van der Waals surface area contributed by atoms with Gasteiger partial charge in [0, 0.05) is 18.2 Å². The Balaban J connectivity index is 1.86. The van der Waals surface area contributed by atoms with Crippen LogP contribution in [0.5, 0.6) is 0 Å². The Morgan fingerprint density at radius 2 is 2.26 bits per heavy atom. The summed E-state index contributed by atoms with van der Waals surface area (Å²) in [7, 11) is -3.92. The van der Waals surface area contributed by atoms with Crippen LogP contribution in [0.25, 0.3) is 0 Å². The van der Waals surface area contributed by atoms with Crippen LogP contribution in [0.1, 0.15) is 19.3 Å². The van der Waals surface area contributed by atoms with Crippen LogP contribution in [-0.4, -0.2) is 21.1 Å². The molecule has 1 heterocycles. The Hall–Kier alpha value is -1.11. The average Bonchev–Trinajstić information content (AvgIpc) is 2.35. The van der Waals surface area contributed by atoms with Crippen molar-refractivity contribution in [3.63, 3.8) is 0 Å². The Bertz CT molecular complexity index is 562. The lowest BCUT2D eigenvalue weighted by atomic mass is 9.74. The molecule has 6 heteroatoms. The number of rotatable bonds is 2. The first kappa shape index (κ1) is 12.9. The minimum absolute atomic E-state index is 0.0805. The van der Waals surface area contributed by atoms with Gasteiger partial charge in [0.1, 0.15) is 6.10 Å². The predicted octanol–water partition coefficient (Wildman–Crippen LogP) is 0.975. The van der Waals surface area contributed by atoms with Crippen molar-refractivity contribution in [3.05, 3.63) is 35.6 Å². The van der Waals surface area contributed by atoms with Crippen molar-refractivity contribution >= 4 is 10.3 Å². The van der Waals surface area contributed by atoms with Gasteiger partial charge in [-0.05, 0) is 36.8 Å². The molecule has 0 spiro atoms. The van der Waals surface area contributed by atoms with Crippen LogP contribution in [0.2, 0.25) is 0 Å². The molecule has 3 N–H and O–H groups in total. The summed E-state index contributed by atoms with van der Waals surface area (Å²) in [4.78, 5) is 0. The number of hydrogen-bond donors (Lipinski definition) is 2. The van der Waals surface area contributed by atoms with Gasteiger partial charge in [0.15, 0.2) is 0 Å². The highest BCUT2D eigenvalue weighted by Gasteiger charge is 2.35. The van der Waals surface area contributed by atoms with Gasteiger partial charge < -0.3 is 5.32 Å². The standard InChI is InChI=1S/C13H18N2O3S/c14-19(16,17)18-13-5-1-3-9-8-12-10(7-11(9)13)4-2-6-15-12/h1,3,5,8,10-11,13,15H,2,4,6-7H2,(H2,14,16,17). The fourth-order valence-electron chi connectivity index (χ4n) is 3.18. The van der Waals surface area contributed by atoms with Crippen molar-refractivity contribution in [1.29, 1.82) is 0 Å². The van der Waals surface area contributed by atoms with Gasteiger partial charge >= 0.3 is 10.3 Å². The van der Waals surface area contributed by atoms with E-state index in [1.165, 1.54) is 5.70 Å². The summed E-state index contributed by atoms with van der Waals surface area (Å²) in [6.07, 6.45) is 10.5. The SMILES string of the molecule is NS(=O)(=O)OC1C=CC=C2C=C3NCCCC3CC21. The Kier molecular flexibility index (Phi) is 3.24. The monoisotopic (exact) mass is 282 g/mol. The molecule has 0 aromatic carbocycles. The third-order valence-corrected chi connectivity index (χ3v) is 4.51. The first-order valence-electron chi connectivity index (χ1n) is 6.58. The topological polar surface area (TPSA) is 81.4 Å².